The molecule has 0 saturated heterocycles. The van der Waals surface area contributed by atoms with Gasteiger partial charge in [0.1, 0.15) is 5.82 Å². The van der Waals surface area contributed by atoms with Crippen molar-refractivity contribution in [2.24, 2.45) is 5.73 Å². The highest BCUT2D eigenvalue weighted by atomic mass is 35.5. The largest absolute Gasteiger partial charge is 0.380 e. The Morgan fingerprint density at radius 3 is 2.48 bits per heavy atom. The summed E-state index contributed by atoms with van der Waals surface area (Å²) in [5, 5.41) is 3.01. The third-order valence-corrected chi connectivity index (χ3v) is 4.65. The van der Waals surface area contributed by atoms with Gasteiger partial charge < -0.3 is 15.8 Å². The summed E-state index contributed by atoms with van der Waals surface area (Å²) in [6.45, 7) is 0.908. The Morgan fingerprint density at radius 2 is 1.96 bits per heavy atom. The zero-order chi connectivity index (χ0) is 16.0. The van der Waals surface area contributed by atoms with Gasteiger partial charge in [0.25, 0.3) is 0 Å². The number of methoxy groups -OCH3 is 1. The van der Waals surface area contributed by atoms with Gasteiger partial charge in [-0.25, -0.2) is 4.39 Å². The van der Waals surface area contributed by atoms with Crippen LogP contribution >= 0.6 is 12.4 Å². The van der Waals surface area contributed by atoms with E-state index < -0.39 is 0 Å². The summed E-state index contributed by atoms with van der Waals surface area (Å²) in [5.74, 6) is -0.280. The molecular weight excluding hydrogens is 319 g/mol. The van der Waals surface area contributed by atoms with E-state index in [-0.39, 0.29) is 42.1 Å². The summed E-state index contributed by atoms with van der Waals surface area (Å²) >= 11 is 0. The second kappa shape index (κ2) is 9.21. The first-order valence-electron chi connectivity index (χ1n) is 7.85. The molecule has 0 aliphatic heterocycles. The number of nitrogens with two attached hydrogens (primary N) is 1. The average molecular weight is 345 g/mol. The molecule has 0 aromatic heterocycles. The van der Waals surface area contributed by atoms with Crippen LogP contribution in [-0.2, 0) is 14.9 Å². The molecule has 1 fully saturated rings. The first-order chi connectivity index (χ1) is 10.6. The van der Waals surface area contributed by atoms with E-state index in [1.807, 2.05) is 12.1 Å². The molecule has 1 aromatic rings. The molecular formula is C17H26ClFN2O2. The van der Waals surface area contributed by atoms with E-state index in [9.17, 15) is 9.18 Å². The van der Waals surface area contributed by atoms with Gasteiger partial charge in [0.15, 0.2) is 0 Å². The first kappa shape index (κ1) is 19.9. The molecule has 6 heteroatoms. The zero-order valence-corrected chi connectivity index (χ0v) is 14.3. The summed E-state index contributed by atoms with van der Waals surface area (Å²) in [7, 11) is 1.56. The Balaban J connectivity index is 0.00000264. The molecule has 2 rings (SSSR count). The van der Waals surface area contributed by atoms with Crippen molar-refractivity contribution in [3.8, 4) is 0 Å². The van der Waals surface area contributed by atoms with Gasteiger partial charge >= 0.3 is 0 Å². The zero-order valence-electron chi connectivity index (χ0n) is 13.5. The van der Waals surface area contributed by atoms with Gasteiger partial charge in [-0.05, 0) is 30.5 Å². The Labute approximate surface area is 143 Å². The quantitative estimate of drug-likeness (QED) is 0.799. The average Bonchev–Trinajstić information content (AvgIpc) is 3.01. The van der Waals surface area contributed by atoms with Gasteiger partial charge in [0.2, 0.25) is 5.91 Å². The van der Waals surface area contributed by atoms with Crippen LogP contribution in [0.4, 0.5) is 4.39 Å². The van der Waals surface area contributed by atoms with Gasteiger partial charge in [-0.3, -0.25) is 4.79 Å². The molecule has 130 valence electrons. The SMILES string of the molecule is COC(CN)CC(=O)NCC1(c2ccc(F)cc2)CCCC1.Cl. The summed E-state index contributed by atoms with van der Waals surface area (Å²) < 4.78 is 18.3. The van der Waals surface area contributed by atoms with Crippen LogP contribution in [0.2, 0.25) is 0 Å². The smallest absolute Gasteiger partial charge is 0.222 e. The van der Waals surface area contributed by atoms with Crippen LogP contribution in [0.3, 0.4) is 0 Å². The number of amides is 1. The predicted octanol–water partition coefficient (Wildman–Crippen LogP) is 2.54. The molecule has 0 radical (unpaired) electrons. The highest BCUT2D eigenvalue weighted by Gasteiger charge is 2.35. The molecule has 23 heavy (non-hydrogen) atoms. The van der Waals surface area contributed by atoms with E-state index in [1.165, 1.54) is 12.1 Å². The minimum absolute atomic E-state index is 0. The standard InChI is InChI=1S/C17H25FN2O2.ClH/c1-22-15(11-19)10-16(21)20-12-17(8-2-3-9-17)13-4-6-14(18)7-5-13;/h4-7,15H,2-3,8-12,19H2,1H3,(H,20,21);1H. The maximum atomic E-state index is 13.1. The molecule has 1 atom stereocenters. The van der Waals surface area contributed by atoms with E-state index in [0.29, 0.717) is 13.1 Å². The lowest BCUT2D eigenvalue weighted by Crippen LogP contribution is -2.41. The van der Waals surface area contributed by atoms with Crippen LogP contribution in [-0.4, -0.2) is 32.2 Å². The molecule has 0 bridgehead atoms. The van der Waals surface area contributed by atoms with Crippen molar-refractivity contribution in [1.29, 1.82) is 0 Å². The second-order valence-corrected chi connectivity index (χ2v) is 6.07. The molecule has 1 aliphatic rings. The van der Waals surface area contributed by atoms with Gasteiger partial charge in [-0.15, -0.1) is 12.4 Å². The van der Waals surface area contributed by atoms with Crippen molar-refractivity contribution in [1.82, 2.24) is 5.32 Å². The van der Waals surface area contributed by atoms with E-state index in [2.05, 4.69) is 5.32 Å². The van der Waals surface area contributed by atoms with Gasteiger partial charge in [0.05, 0.1) is 12.5 Å². The van der Waals surface area contributed by atoms with E-state index in [4.69, 9.17) is 10.5 Å². The van der Waals surface area contributed by atoms with Crippen LogP contribution in [0, 0.1) is 5.82 Å². The number of nitrogens with one attached hydrogen (secondary N) is 1. The number of carbonyl (C=O) groups excluding carboxylic acids is 1. The normalized spacial score (nSPS) is 17.3. The van der Waals surface area contributed by atoms with E-state index >= 15 is 0 Å². The fourth-order valence-electron chi connectivity index (χ4n) is 3.23. The molecule has 1 unspecified atom stereocenters. The fraction of sp³-hybridized carbons (Fsp3) is 0.588. The maximum Gasteiger partial charge on any atom is 0.222 e. The minimum atomic E-state index is -0.245. The van der Waals surface area contributed by atoms with Crippen LogP contribution in [0.15, 0.2) is 24.3 Å². The molecule has 0 heterocycles. The Bertz CT molecular complexity index is 486. The molecule has 0 spiro atoms. The van der Waals surface area contributed by atoms with Crippen LogP contribution < -0.4 is 11.1 Å². The maximum absolute atomic E-state index is 13.1. The van der Waals surface area contributed by atoms with Crippen molar-refractivity contribution < 1.29 is 13.9 Å². The topological polar surface area (TPSA) is 64.3 Å². The Kier molecular flexibility index (Phi) is 7.95. The first-order valence-corrected chi connectivity index (χ1v) is 7.85. The van der Waals surface area contributed by atoms with Crippen molar-refractivity contribution >= 4 is 18.3 Å². The van der Waals surface area contributed by atoms with Crippen molar-refractivity contribution in [3.05, 3.63) is 35.6 Å². The number of rotatable bonds is 7. The van der Waals surface area contributed by atoms with E-state index in [1.54, 1.807) is 7.11 Å². The lowest BCUT2D eigenvalue weighted by Gasteiger charge is -2.30. The van der Waals surface area contributed by atoms with Crippen LogP contribution in [0.25, 0.3) is 0 Å². The minimum Gasteiger partial charge on any atom is -0.380 e. The number of ether oxygens (including phenoxy) is 1. The summed E-state index contributed by atoms with van der Waals surface area (Å²) in [6.07, 6.45) is 4.33. The van der Waals surface area contributed by atoms with Gasteiger partial charge in [-0.2, -0.15) is 0 Å². The van der Waals surface area contributed by atoms with Crippen LogP contribution in [0.1, 0.15) is 37.7 Å². The lowest BCUT2D eigenvalue weighted by atomic mass is 9.78. The summed E-state index contributed by atoms with van der Waals surface area (Å²) in [5.41, 5.74) is 6.57. The van der Waals surface area contributed by atoms with Gasteiger partial charge in [0, 0.05) is 25.6 Å². The molecule has 3 N–H and O–H groups in total. The van der Waals surface area contributed by atoms with Crippen molar-refractivity contribution in [2.75, 3.05) is 20.2 Å². The highest BCUT2D eigenvalue weighted by molar-refractivity contribution is 5.85. The molecule has 1 saturated carbocycles. The molecule has 4 nitrogen and oxygen atoms in total. The predicted molar refractivity (Wildman–Crippen MR) is 91.3 cm³/mol. The molecule has 1 aliphatic carbocycles. The molecule has 1 amide bonds. The number of hydrogen-bond acceptors (Lipinski definition) is 3. The Morgan fingerprint density at radius 1 is 1.35 bits per heavy atom. The summed E-state index contributed by atoms with van der Waals surface area (Å²) in [6, 6.07) is 6.66. The number of benzene rings is 1. The monoisotopic (exact) mass is 344 g/mol. The fourth-order valence-corrected chi connectivity index (χ4v) is 3.23. The number of hydrogen-bond donors (Lipinski definition) is 2. The number of carbonyl (C=O) groups is 1. The third-order valence-electron chi connectivity index (χ3n) is 4.65. The molecule has 1 aromatic carbocycles. The Hall–Kier alpha value is -1.17. The summed E-state index contributed by atoms with van der Waals surface area (Å²) in [4.78, 5) is 12.0. The third kappa shape index (κ3) is 5.16. The van der Waals surface area contributed by atoms with Crippen molar-refractivity contribution in [3.63, 3.8) is 0 Å². The number of halogens is 2. The second-order valence-electron chi connectivity index (χ2n) is 6.07. The lowest BCUT2D eigenvalue weighted by molar-refractivity contribution is -0.123. The van der Waals surface area contributed by atoms with Crippen LogP contribution in [0.5, 0.6) is 0 Å². The van der Waals surface area contributed by atoms with Gasteiger partial charge in [-0.1, -0.05) is 25.0 Å². The highest BCUT2D eigenvalue weighted by Crippen LogP contribution is 2.40. The van der Waals surface area contributed by atoms with E-state index in [0.717, 1.165) is 31.2 Å². The van der Waals surface area contributed by atoms with Crippen molar-refractivity contribution in [2.45, 2.75) is 43.6 Å².